The average Bonchev–Trinajstić information content (AvgIpc) is 2.38. The summed E-state index contributed by atoms with van der Waals surface area (Å²) in [4.78, 5) is 26.0. The summed E-state index contributed by atoms with van der Waals surface area (Å²) in [5.41, 5.74) is 2.58. The summed E-state index contributed by atoms with van der Waals surface area (Å²) >= 11 is 0. The number of hydrogen-bond donors (Lipinski definition) is 0. The number of piperazine rings is 1. The van der Waals surface area contributed by atoms with Crippen LogP contribution in [0.1, 0.15) is 35.1 Å². The summed E-state index contributed by atoms with van der Waals surface area (Å²) in [5.74, 6) is 1.40. The average molecular weight is 274 g/mol. The zero-order valence-corrected chi connectivity index (χ0v) is 12.5. The van der Waals surface area contributed by atoms with Crippen LogP contribution in [0.15, 0.2) is 0 Å². The molecule has 20 heavy (non-hydrogen) atoms. The number of likely N-dealkylation sites (N-methyl/N-ethyl adjacent to an activating group) is 1. The van der Waals surface area contributed by atoms with Gasteiger partial charge in [0.15, 0.2) is 5.78 Å². The normalized spacial score (nSPS) is 23.9. The predicted molar refractivity (Wildman–Crippen MR) is 78.3 cm³/mol. The SMILES string of the molecule is Cc1nc(N2CCN(C)CC2)nc2c1C(=O)CC(C)C2. The Morgan fingerprint density at radius 1 is 1.10 bits per heavy atom. The number of carbonyl (C=O) groups excluding carboxylic acids is 1. The van der Waals surface area contributed by atoms with Gasteiger partial charge in [0, 0.05) is 32.6 Å². The first-order chi connectivity index (χ1) is 9.54. The van der Waals surface area contributed by atoms with E-state index >= 15 is 0 Å². The quantitative estimate of drug-likeness (QED) is 0.772. The van der Waals surface area contributed by atoms with Crippen molar-refractivity contribution in [2.45, 2.75) is 26.7 Å². The smallest absolute Gasteiger partial charge is 0.225 e. The van der Waals surface area contributed by atoms with Crippen LogP contribution >= 0.6 is 0 Å². The molecule has 1 unspecified atom stereocenters. The first-order valence-electron chi connectivity index (χ1n) is 7.39. The van der Waals surface area contributed by atoms with E-state index in [4.69, 9.17) is 4.98 Å². The number of aryl methyl sites for hydroxylation is 1. The van der Waals surface area contributed by atoms with Crippen molar-refractivity contribution in [1.29, 1.82) is 0 Å². The lowest BCUT2D eigenvalue weighted by molar-refractivity contribution is 0.0951. The van der Waals surface area contributed by atoms with Crippen molar-refractivity contribution in [3.05, 3.63) is 17.0 Å². The maximum absolute atomic E-state index is 12.1. The lowest BCUT2D eigenvalue weighted by atomic mass is 9.86. The predicted octanol–water partition coefficient (Wildman–Crippen LogP) is 1.30. The van der Waals surface area contributed by atoms with Crippen LogP contribution in [0.25, 0.3) is 0 Å². The van der Waals surface area contributed by atoms with Crippen LogP contribution in [0.5, 0.6) is 0 Å². The zero-order chi connectivity index (χ0) is 14.3. The van der Waals surface area contributed by atoms with Gasteiger partial charge in [-0.15, -0.1) is 0 Å². The van der Waals surface area contributed by atoms with Crippen molar-refractivity contribution < 1.29 is 4.79 Å². The van der Waals surface area contributed by atoms with E-state index in [1.165, 1.54) is 0 Å². The molecule has 0 bridgehead atoms. The summed E-state index contributed by atoms with van der Waals surface area (Å²) < 4.78 is 0. The van der Waals surface area contributed by atoms with E-state index in [1.54, 1.807) is 0 Å². The van der Waals surface area contributed by atoms with E-state index in [0.29, 0.717) is 12.3 Å². The maximum atomic E-state index is 12.1. The third-order valence-electron chi connectivity index (χ3n) is 4.29. The molecule has 0 saturated carbocycles. The molecule has 0 spiro atoms. The minimum atomic E-state index is 0.209. The van der Waals surface area contributed by atoms with Crippen LogP contribution in [0.2, 0.25) is 0 Å². The number of aromatic nitrogens is 2. The van der Waals surface area contributed by atoms with E-state index in [9.17, 15) is 4.79 Å². The summed E-state index contributed by atoms with van der Waals surface area (Å²) in [6, 6.07) is 0. The monoisotopic (exact) mass is 274 g/mol. The van der Waals surface area contributed by atoms with Crippen molar-refractivity contribution >= 4 is 11.7 Å². The van der Waals surface area contributed by atoms with Crippen LogP contribution in [-0.4, -0.2) is 53.9 Å². The number of Topliss-reactive ketones (excluding diaryl/α,β-unsaturated/α-hetero) is 1. The van der Waals surface area contributed by atoms with Crippen LogP contribution in [0, 0.1) is 12.8 Å². The molecule has 1 saturated heterocycles. The molecule has 1 aromatic heterocycles. The van der Waals surface area contributed by atoms with Gasteiger partial charge >= 0.3 is 0 Å². The highest BCUT2D eigenvalue weighted by atomic mass is 16.1. The topological polar surface area (TPSA) is 49.3 Å². The lowest BCUT2D eigenvalue weighted by Crippen LogP contribution is -2.45. The van der Waals surface area contributed by atoms with E-state index < -0.39 is 0 Å². The molecule has 5 heteroatoms. The van der Waals surface area contributed by atoms with E-state index in [1.807, 2.05) is 6.92 Å². The minimum Gasteiger partial charge on any atom is -0.338 e. The third kappa shape index (κ3) is 2.42. The van der Waals surface area contributed by atoms with Crippen molar-refractivity contribution in [2.75, 3.05) is 38.1 Å². The van der Waals surface area contributed by atoms with Gasteiger partial charge in [-0.25, -0.2) is 9.97 Å². The Labute approximate surface area is 120 Å². The highest BCUT2D eigenvalue weighted by Crippen LogP contribution is 2.27. The fourth-order valence-electron chi connectivity index (χ4n) is 3.10. The van der Waals surface area contributed by atoms with Gasteiger partial charge in [-0.1, -0.05) is 6.92 Å². The van der Waals surface area contributed by atoms with Gasteiger partial charge in [-0.2, -0.15) is 0 Å². The van der Waals surface area contributed by atoms with Gasteiger partial charge in [-0.3, -0.25) is 4.79 Å². The number of nitrogens with zero attached hydrogens (tertiary/aromatic N) is 4. The number of ketones is 1. The van der Waals surface area contributed by atoms with Gasteiger partial charge in [0.25, 0.3) is 0 Å². The van der Waals surface area contributed by atoms with Crippen molar-refractivity contribution in [3.63, 3.8) is 0 Å². The van der Waals surface area contributed by atoms with Gasteiger partial charge < -0.3 is 9.80 Å². The Morgan fingerprint density at radius 2 is 1.80 bits per heavy atom. The second-order valence-electron chi connectivity index (χ2n) is 6.16. The Balaban J connectivity index is 1.93. The summed E-state index contributed by atoms with van der Waals surface area (Å²) in [6.07, 6.45) is 1.52. The summed E-state index contributed by atoms with van der Waals surface area (Å²) in [7, 11) is 2.14. The highest BCUT2D eigenvalue weighted by molar-refractivity contribution is 5.99. The van der Waals surface area contributed by atoms with Crippen LogP contribution < -0.4 is 4.90 Å². The fourth-order valence-corrected chi connectivity index (χ4v) is 3.10. The molecular weight excluding hydrogens is 252 g/mol. The minimum absolute atomic E-state index is 0.209. The first kappa shape index (κ1) is 13.5. The van der Waals surface area contributed by atoms with Crippen molar-refractivity contribution in [2.24, 2.45) is 5.92 Å². The number of carbonyl (C=O) groups is 1. The third-order valence-corrected chi connectivity index (χ3v) is 4.29. The summed E-state index contributed by atoms with van der Waals surface area (Å²) in [6.45, 7) is 8.04. The molecule has 0 amide bonds. The van der Waals surface area contributed by atoms with Gasteiger partial charge in [0.1, 0.15) is 0 Å². The van der Waals surface area contributed by atoms with Crippen molar-refractivity contribution in [1.82, 2.24) is 14.9 Å². The maximum Gasteiger partial charge on any atom is 0.225 e. The molecule has 2 aliphatic rings. The van der Waals surface area contributed by atoms with Crippen LogP contribution in [0.4, 0.5) is 5.95 Å². The second kappa shape index (κ2) is 5.13. The molecule has 3 rings (SSSR count). The molecule has 0 radical (unpaired) electrons. The molecule has 1 aliphatic carbocycles. The van der Waals surface area contributed by atoms with Crippen molar-refractivity contribution in [3.8, 4) is 0 Å². The van der Waals surface area contributed by atoms with Gasteiger partial charge in [0.05, 0.1) is 17.0 Å². The zero-order valence-electron chi connectivity index (χ0n) is 12.5. The Morgan fingerprint density at radius 3 is 2.50 bits per heavy atom. The van der Waals surface area contributed by atoms with E-state index in [2.05, 4.69) is 28.8 Å². The number of fused-ring (bicyclic) bond motifs is 1. The Bertz CT molecular complexity index is 535. The van der Waals surface area contributed by atoms with E-state index in [0.717, 1.165) is 55.5 Å². The number of hydrogen-bond acceptors (Lipinski definition) is 5. The molecule has 2 heterocycles. The molecule has 1 fully saturated rings. The van der Waals surface area contributed by atoms with Crippen LogP contribution in [-0.2, 0) is 6.42 Å². The lowest BCUT2D eigenvalue weighted by Gasteiger charge is -2.33. The first-order valence-corrected chi connectivity index (χ1v) is 7.39. The Kier molecular flexibility index (Phi) is 3.46. The molecular formula is C15H22N4O. The molecule has 5 nitrogen and oxygen atoms in total. The standard InChI is InChI=1S/C15H22N4O/c1-10-8-12-14(13(20)9-10)11(2)16-15(17-12)19-6-4-18(3)5-7-19/h10H,4-9H2,1-3H3. The largest absolute Gasteiger partial charge is 0.338 e. The molecule has 1 aromatic rings. The second-order valence-corrected chi connectivity index (χ2v) is 6.16. The van der Waals surface area contributed by atoms with E-state index in [-0.39, 0.29) is 5.78 Å². The molecule has 0 aromatic carbocycles. The van der Waals surface area contributed by atoms with Gasteiger partial charge in [-0.05, 0) is 26.3 Å². The fraction of sp³-hybridized carbons (Fsp3) is 0.667. The molecule has 1 atom stereocenters. The number of rotatable bonds is 1. The molecule has 0 N–H and O–H groups in total. The van der Waals surface area contributed by atoms with Crippen LogP contribution in [0.3, 0.4) is 0 Å². The molecule has 108 valence electrons. The highest BCUT2D eigenvalue weighted by Gasteiger charge is 2.28. The summed E-state index contributed by atoms with van der Waals surface area (Å²) in [5, 5.41) is 0. The number of anilines is 1. The molecule has 1 aliphatic heterocycles. The van der Waals surface area contributed by atoms with Gasteiger partial charge in [0.2, 0.25) is 5.95 Å². The Hall–Kier alpha value is -1.49.